The zero-order chi connectivity index (χ0) is 18.5. The van der Waals surface area contributed by atoms with Crippen LogP contribution in [0.15, 0.2) is 65.1 Å². The predicted molar refractivity (Wildman–Crippen MR) is 95.8 cm³/mol. The van der Waals surface area contributed by atoms with Gasteiger partial charge < -0.3 is 0 Å². The van der Waals surface area contributed by atoms with E-state index >= 15 is 0 Å². The van der Waals surface area contributed by atoms with Gasteiger partial charge in [-0.15, -0.1) is 0 Å². The molecule has 0 saturated heterocycles. The van der Waals surface area contributed by atoms with Gasteiger partial charge in [-0.1, -0.05) is 36.4 Å². The number of benzene rings is 2. The zero-order valence-electron chi connectivity index (χ0n) is 13.1. The van der Waals surface area contributed by atoms with Gasteiger partial charge in [-0.3, -0.25) is 4.79 Å². The molecular formula is C19H10BrF3N2O. The number of hydrogen-bond donors (Lipinski definition) is 0. The summed E-state index contributed by atoms with van der Waals surface area (Å²) in [5.74, 6) is -1.87. The van der Waals surface area contributed by atoms with Crippen molar-refractivity contribution in [2.75, 3.05) is 0 Å². The first kappa shape index (κ1) is 16.8. The predicted octanol–water partition coefficient (Wildman–Crippen LogP) is 5.64. The van der Waals surface area contributed by atoms with E-state index in [2.05, 4.69) is 21.0 Å². The summed E-state index contributed by atoms with van der Waals surface area (Å²) in [7, 11) is 0. The Morgan fingerprint density at radius 1 is 1.00 bits per heavy atom. The minimum absolute atomic E-state index is 0.230. The summed E-state index contributed by atoms with van der Waals surface area (Å²) in [6, 6.07) is 17.1. The number of rotatable bonds is 2. The lowest BCUT2D eigenvalue weighted by atomic mass is 10.0. The van der Waals surface area contributed by atoms with Gasteiger partial charge in [0.1, 0.15) is 0 Å². The lowest BCUT2D eigenvalue weighted by Crippen LogP contribution is -2.23. The fourth-order valence-electron chi connectivity index (χ4n) is 3.01. The van der Waals surface area contributed by atoms with E-state index in [1.54, 1.807) is 41.1 Å². The molecule has 2 aromatic rings. The van der Waals surface area contributed by atoms with Crippen LogP contribution in [-0.4, -0.2) is 21.7 Å². The molecule has 0 N–H and O–H groups in total. The Balaban J connectivity index is 2.13. The van der Waals surface area contributed by atoms with Crippen molar-refractivity contribution < 1.29 is 18.0 Å². The second-order valence-corrected chi connectivity index (χ2v) is 6.58. The van der Waals surface area contributed by atoms with Crippen LogP contribution >= 0.6 is 15.9 Å². The highest BCUT2D eigenvalue weighted by molar-refractivity contribution is 9.10. The summed E-state index contributed by atoms with van der Waals surface area (Å²) in [5.41, 5.74) is 1.44. The minimum atomic E-state index is -4.96. The van der Waals surface area contributed by atoms with Crippen LogP contribution in [0.1, 0.15) is 10.4 Å². The number of halogens is 4. The summed E-state index contributed by atoms with van der Waals surface area (Å²) in [6.45, 7) is 0. The minimum Gasteiger partial charge on any atom is -0.284 e. The number of alkyl halides is 3. The monoisotopic (exact) mass is 418 g/mol. The van der Waals surface area contributed by atoms with E-state index in [4.69, 9.17) is 0 Å². The fraction of sp³-hybridized carbons (Fsp3) is 0.0526. The third-order valence-electron chi connectivity index (χ3n) is 4.10. The topological polar surface area (TPSA) is 34.9 Å². The Morgan fingerprint density at radius 2 is 1.65 bits per heavy atom. The van der Waals surface area contributed by atoms with Gasteiger partial charge >= 0.3 is 6.18 Å². The van der Waals surface area contributed by atoms with Crippen molar-refractivity contribution in [3.05, 3.63) is 70.7 Å². The van der Waals surface area contributed by atoms with E-state index in [1.807, 2.05) is 18.2 Å². The molecule has 0 aromatic heterocycles. The maximum Gasteiger partial charge on any atom is 0.454 e. The van der Waals surface area contributed by atoms with Crippen molar-refractivity contribution in [2.45, 2.75) is 6.18 Å². The average molecular weight is 419 g/mol. The second-order valence-electron chi connectivity index (χ2n) is 5.72. The quantitative estimate of drug-likeness (QED) is 0.395. The van der Waals surface area contributed by atoms with Crippen LogP contribution in [0.4, 0.5) is 13.2 Å². The molecule has 0 radical (unpaired) electrons. The van der Waals surface area contributed by atoms with Crippen molar-refractivity contribution >= 4 is 32.6 Å². The van der Waals surface area contributed by atoms with E-state index in [1.165, 1.54) is 6.07 Å². The Hall–Kier alpha value is -2.67. The highest BCUT2D eigenvalue weighted by Gasteiger charge is 2.42. The molecule has 0 atom stereocenters. The molecule has 0 spiro atoms. The molecule has 2 aromatic carbocycles. The van der Waals surface area contributed by atoms with Gasteiger partial charge in [0.25, 0.3) is 5.78 Å². The smallest absolute Gasteiger partial charge is 0.284 e. The number of ketones is 1. The molecule has 0 fully saturated rings. The summed E-state index contributed by atoms with van der Waals surface area (Å²) in [6.07, 6.45) is -4.96. The summed E-state index contributed by atoms with van der Waals surface area (Å²) in [5, 5.41) is 5.06. The molecule has 1 aliphatic heterocycles. The molecule has 0 unspecified atom stereocenters. The van der Waals surface area contributed by atoms with Gasteiger partial charge in [0.05, 0.1) is 16.9 Å². The van der Waals surface area contributed by atoms with Gasteiger partial charge in [-0.2, -0.15) is 18.3 Å². The average Bonchev–Trinajstić information content (AvgIpc) is 2.98. The molecule has 3 nitrogen and oxygen atoms in total. The Labute approximate surface area is 154 Å². The Kier molecular flexibility index (Phi) is 3.84. The molecule has 0 amide bonds. The van der Waals surface area contributed by atoms with E-state index < -0.39 is 12.0 Å². The fourth-order valence-corrected chi connectivity index (χ4v) is 3.61. The lowest BCUT2D eigenvalue weighted by Gasteiger charge is -2.16. The standard InChI is InChI=1S/C19H10BrF3N2O/c20-14-10-13(18(26)19(21,22)23)16-12-8-4-5-9-15(12)24-25(17(14)16)11-6-2-1-3-7-11/h1-10H. The van der Waals surface area contributed by atoms with Gasteiger partial charge in [-0.25, -0.2) is 4.68 Å². The first-order valence-corrected chi connectivity index (χ1v) is 8.44. The number of carbonyl (C=O) groups excluding carboxylic acids is 1. The molecule has 7 heteroatoms. The molecule has 1 heterocycles. The number of Topliss-reactive ketones (excluding diaryl/α,β-unsaturated/α-hetero) is 1. The maximum atomic E-state index is 13.1. The summed E-state index contributed by atoms with van der Waals surface area (Å²) < 4.78 is 41.3. The Bertz CT molecular complexity index is 1100. The second kappa shape index (κ2) is 5.95. The lowest BCUT2D eigenvalue weighted by molar-refractivity contribution is -0.0884. The molecule has 1 aliphatic carbocycles. The number of para-hydroxylation sites is 1. The number of aromatic nitrogens is 2. The van der Waals surface area contributed by atoms with Crippen molar-refractivity contribution in [3.8, 4) is 16.9 Å². The molecular weight excluding hydrogens is 409 g/mol. The zero-order valence-corrected chi connectivity index (χ0v) is 14.7. The number of hydrogen-bond acceptors (Lipinski definition) is 2. The van der Waals surface area contributed by atoms with E-state index in [9.17, 15) is 18.0 Å². The van der Waals surface area contributed by atoms with Crippen LogP contribution in [0.3, 0.4) is 0 Å². The highest BCUT2D eigenvalue weighted by Crippen LogP contribution is 2.43. The first-order valence-electron chi connectivity index (χ1n) is 7.65. The number of carbonyl (C=O) groups is 1. The normalized spacial score (nSPS) is 12.0. The highest BCUT2D eigenvalue weighted by atomic mass is 79.9. The van der Waals surface area contributed by atoms with E-state index in [-0.39, 0.29) is 11.1 Å². The van der Waals surface area contributed by atoms with Crippen LogP contribution in [0, 0.1) is 0 Å². The molecule has 0 bridgehead atoms. The third kappa shape index (κ3) is 2.59. The molecule has 4 rings (SSSR count). The van der Waals surface area contributed by atoms with E-state index in [0.29, 0.717) is 26.8 Å². The molecule has 2 aliphatic rings. The first-order chi connectivity index (χ1) is 12.4. The van der Waals surface area contributed by atoms with Crippen LogP contribution < -0.4 is 0 Å². The maximum absolute atomic E-state index is 13.1. The third-order valence-corrected chi connectivity index (χ3v) is 4.70. The van der Waals surface area contributed by atoms with Crippen LogP contribution in [0.2, 0.25) is 0 Å². The summed E-state index contributed by atoms with van der Waals surface area (Å²) >= 11 is 3.31. The van der Waals surface area contributed by atoms with Crippen molar-refractivity contribution in [2.24, 2.45) is 0 Å². The molecule has 0 saturated carbocycles. The van der Waals surface area contributed by atoms with Crippen LogP contribution in [0.25, 0.3) is 27.8 Å². The Morgan fingerprint density at radius 3 is 2.35 bits per heavy atom. The van der Waals surface area contributed by atoms with Crippen molar-refractivity contribution in [1.29, 1.82) is 0 Å². The SMILES string of the molecule is O=C(c1cc(Br)c2n(-c3ccccc3)nc3ccccc3c1-2)C(F)(F)F. The molecule has 26 heavy (non-hydrogen) atoms. The van der Waals surface area contributed by atoms with Gasteiger partial charge in [-0.05, 0) is 40.2 Å². The van der Waals surface area contributed by atoms with Crippen LogP contribution in [0.5, 0.6) is 0 Å². The molecule has 130 valence electrons. The van der Waals surface area contributed by atoms with Crippen molar-refractivity contribution in [1.82, 2.24) is 9.78 Å². The number of fused-ring (bicyclic) bond motifs is 3. The summed E-state index contributed by atoms with van der Waals surface area (Å²) in [4.78, 5) is 12.0. The van der Waals surface area contributed by atoms with E-state index in [0.717, 1.165) is 0 Å². The van der Waals surface area contributed by atoms with Crippen LogP contribution in [-0.2, 0) is 0 Å². The van der Waals surface area contributed by atoms with Gasteiger partial charge in [0, 0.05) is 21.0 Å². The van der Waals surface area contributed by atoms with Gasteiger partial charge in [0.15, 0.2) is 0 Å². The van der Waals surface area contributed by atoms with Crippen molar-refractivity contribution in [3.63, 3.8) is 0 Å². The largest absolute Gasteiger partial charge is 0.454 e. The number of nitrogens with zero attached hydrogens (tertiary/aromatic N) is 2. The van der Waals surface area contributed by atoms with Gasteiger partial charge in [0.2, 0.25) is 0 Å².